The monoisotopic (exact) mass is 538 g/mol. The number of hydrogen-bond donors (Lipinski definition) is 1. The van der Waals surface area contributed by atoms with Crippen LogP contribution in [0.5, 0.6) is 0 Å². The molecule has 0 spiro atoms. The summed E-state index contributed by atoms with van der Waals surface area (Å²) in [6.45, 7) is 0.0971. The minimum absolute atomic E-state index is 0.00401. The molecule has 2 aliphatic rings. The van der Waals surface area contributed by atoms with Crippen LogP contribution < -0.4 is 5.32 Å². The second kappa shape index (κ2) is 10.3. The molecule has 2 aliphatic heterocycles. The van der Waals surface area contributed by atoms with E-state index in [4.69, 9.17) is 17.0 Å². The molecule has 3 heterocycles. The van der Waals surface area contributed by atoms with Crippen LogP contribution in [-0.2, 0) is 15.7 Å². The maximum Gasteiger partial charge on any atom is 0.416 e. The summed E-state index contributed by atoms with van der Waals surface area (Å²) in [7, 11) is 0. The molecule has 2 saturated heterocycles. The first-order chi connectivity index (χ1) is 18.2. The van der Waals surface area contributed by atoms with Crippen LogP contribution >= 0.6 is 12.2 Å². The van der Waals surface area contributed by atoms with Crippen LogP contribution in [0.25, 0.3) is 6.08 Å². The SMILES string of the molecule is O=C1C(N2C(=O)OC[C@@H]2c2ccccc2)[C@@H](/C=C/c2cccnc2)N1C(=S)Nc1ccc(C(F)(F)F)cc1. The highest BCUT2D eigenvalue weighted by Gasteiger charge is 2.56. The molecule has 0 radical (unpaired) electrons. The number of halogens is 3. The molecule has 1 aromatic heterocycles. The van der Waals surface area contributed by atoms with Crippen molar-refractivity contribution in [3.8, 4) is 0 Å². The van der Waals surface area contributed by atoms with Crippen LogP contribution in [0, 0.1) is 0 Å². The molecule has 2 aromatic carbocycles. The molecular formula is C27H21F3N4O3S. The number of carbonyl (C=O) groups is 2. The van der Waals surface area contributed by atoms with Crippen molar-refractivity contribution in [2.75, 3.05) is 11.9 Å². The number of carbonyl (C=O) groups excluding carboxylic acids is 2. The Kier molecular flexibility index (Phi) is 6.85. The fraction of sp³-hybridized carbons (Fsp3) is 0.185. The van der Waals surface area contributed by atoms with Gasteiger partial charge in [-0.25, -0.2) is 4.79 Å². The molecule has 194 valence electrons. The van der Waals surface area contributed by atoms with Gasteiger partial charge in [0, 0.05) is 18.1 Å². The quantitative estimate of drug-likeness (QED) is 0.352. The Hall–Kier alpha value is -4.25. The molecule has 11 heteroatoms. The number of alkyl halides is 3. The smallest absolute Gasteiger partial charge is 0.416 e. The first kappa shape index (κ1) is 25.4. The number of ether oxygens (including phenoxy) is 1. The molecule has 5 rings (SSSR count). The summed E-state index contributed by atoms with van der Waals surface area (Å²) in [5.41, 5.74) is 1.09. The van der Waals surface area contributed by atoms with Crippen LogP contribution in [0.2, 0.25) is 0 Å². The van der Waals surface area contributed by atoms with Crippen molar-refractivity contribution < 1.29 is 27.5 Å². The summed E-state index contributed by atoms with van der Waals surface area (Å²) in [6.07, 6.45) is 1.71. The van der Waals surface area contributed by atoms with E-state index < -0.39 is 41.9 Å². The summed E-state index contributed by atoms with van der Waals surface area (Å²) in [4.78, 5) is 33.1. The van der Waals surface area contributed by atoms with Gasteiger partial charge in [0.15, 0.2) is 5.11 Å². The topological polar surface area (TPSA) is 74.8 Å². The molecule has 2 amide bonds. The van der Waals surface area contributed by atoms with Crippen LogP contribution in [0.15, 0.2) is 85.2 Å². The molecule has 2 fully saturated rings. The Bertz CT molecular complexity index is 1370. The molecule has 1 unspecified atom stereocenters. The zero-order valence-electron chi connectivity index (χ0n) is 19.7. The average molecular weight is 539 g/mol. The van der Waals surface area contributed by atoms with Crippen molar-refractivity contribution in [2.45, 2.75) is 24.3 Å². The standard InChI is InChI=1S/C27H21F3N4O3S/c28-27(29,30)19-9-11-20(12-10-19)32-25(38)34-21(13-8-17-5-4-14-31-15-17)23(24(34)35)33-22(16-37-26(33)36)18-6-2-1-3-7-18/h1-15,21-23H,16H2,(H,32,38)/b13-8+/t21-,22-,23?/m1/s1. The number of pyridine rings is 1. The molecule has 3 aromatic rings. The Morgan fingerprint density at radius 2 is 1.79 bits per heavy atom. The molecule has 3 atom stereocenters. The number of β-lactam (4-membered cyclic amide) rings is 1. The van der Waals surface area contributed by atoms with E-state index >= 15 is 0 Å². The van der Waals surface area contributed by atoms with Crippen LogP contribution in [0.4, 0.5) is 23.7 Å². The van der Waals surface area contributed by atoms with E-state index in [1.807, 2.05) is 36.4 Å². The molecule has 1 N–H and O–H groups in total. The van der Waals surface area contributed by atoms with Gasteiger partial charge in [-0.3, -0.25) is 19.6 Å². The molecule has 38 heavy (non-hydrogen) atoms. The molecule has 0 bridgehead atoms. The van der Waals surface area contributed by atoms with Crippen molar-refractivity contribution in [2.24, 2.45) is 0 Å². The number of amides is 2. The first-order valence-corrected chi connectivity index (χ1v) is 12.0. The highest BCUT2D eigenvalue weighted by molar-refractivity contribution is 7.80. The maximum absolute atomic E-state index is 13.5. The van der Waals surface area contributed by atoms with Gasteiger partial charge in [-0.1, -0.05) is 48.6 Å². The van der Waals surface area contributed by atoms with Crippen molar-refractivity contribution in [3.05, 3.63) is 102 Å². The lowest BCUT2D eigenvalue weighted by Crippen LogP contribution is -2.72. The minimum Gasteiger partial charge on any atom is -0.447 e. The number of nitrogens with zero attached hydrogens (tertiary/aromatic N) is 3. The third-order valence-electron chi connectivity index (χ3n) is 6.36. The Morgan fingerprint density at radius 1 is 1.05 bits per heavy atom. The summed E-state index contributed by atoms with van der Waals surface area (Å²) in [5.74, 6) is -0.435. The zero-order valence-corrected chi connectivity index (χ0v) is 20.5. The number of hydrogen-bond acceptors (Lipinski definition) is 5. The molecule has 7 nitrogen and oxygen atoms in total. The number of nitrogens with one attached hydrogen (secondary N) is 1. The number of likely N-dealkylation sites (tertiary alicyclic amines) is 1. The van der Waals surface area contributed by atoms with Gasteiger partial charge in [0.1, 0.15) is 12.6 Å². The number of aromatic nitrogens is 1. The lowest BCUT2D eigenvalue weighted by molar-refractivity contribution is -0.146. The number of cyclic esters (lactones) is 1. The molecule has 0 saturated carbocycles. The normalized spacial score (nSPS) is 21.4. The average Bonchev–Trinajstić information content (AvgIpc) is 3.27. The van der Waals surface area contributed by atoms with Crippen LogP contribution in [-0.4, -0.2) is 50.6 Å². The van der Waals surface area contributed by atoms with E-state index in [0.29, 0.717) is 0 Å². The fourth-order valence-corrected chi connectivity index (χ4v) is 4.82. The maximum atomic E-state index is 13.5. The Balaban J connectivity index is 1.42. The van der Waals surface area contributed by atoms with E-state index in [1.165, 1.54) is 21.9 Å². The fourth-order valence-electron chi connectivity index (χ4n) is 4.49. The van der Waals surface area contributed by atoms with Gasteiger partial charge in [0.05, 0.1) is 17.6 Å². The number of benzene rings is 2. The summed E-state index contributed by atoms with van der Waals surface area (Å²) in [5, 5.41) is 2.83. The predicted molar refractivity (Wildman–Crippen MR) is 138 cm³/mol. The molecule has 0 aliphatic carbocycles. The number of thiocarbonyl (C=S) groups is 1. The van der Waals surface area contributed by atoms with E-state index in [9.17, 15) is 22.8 Å². The van der Waals surface area contributed by atoms with E-state index in [2.05, 4.69) is 10.3 Å². The number of rotatable bonds is 5. The van der Waals surface area contributed by atoms with Gasteiger partial charge >= 0.3 is 12.3 Å². The van der Waals surface area contributed by atoms with Crippen LogP contribution in [0.1, 0.15) is 22.7 Å². The highest BCUT2D eigenvalue weighted by Crippen LogP contribution is 2.38. The second-order valence-corrected chi connectivity index (χ2v) is 9.09. The number of anilines is 1. The van der Waals surface area contributed by atoms with Gasteiger partial charge in [-0.15, -0.1) is 0 Å². The van der Waals surface area contributed by atoms with Crippen molar-refractivity contribution >= 4 is 41.1 Å². The highest BCUT2D eigenvalue weighted by atomic mass is 32.1. The van der Waals surface area contributed by atoms with Gasteiger partial charge < -0.3 is 10.1 Å². The zero-order chi connectivity index (χ0) is 26.9. The van der Waals surface area contributed by atoms with Crippen LogP contribution in [0.3, 0.4) is 0 Å². The van der Waals surface area contributed by atoms with Crippen molar-refractivity contribution in [1.29, 1.82) is 0 Å². The van der Waals surface area contributed by atoms with Crippen molar-refractivity contribution in [1.82, 2.24) is 14.8 Å². The third kappa shape index (κ3) is 4.97. The largest absolute Gasteiger partial charge is 0.447 e. The second-order valence-electron chi connectivity index (χ2n) is 8.71. The third-order valence-corrected chi connectivity index (χ3v) is 6.66. The Labute approximate surface area is 221 Å². The Morgan fingerprint density at radius 3 is 2.45 bits per heavy atom. The van der Waals surface area contributed by atoms with E-state index in [-0.39, 0.29) is 17.4 Å². The minimum atomic E-state index is -4.47. The summed E-state index contributed by atoms with van der Waals surface area (Å²) in [6, 6.07) is 15.2. The van der Waals surface area contributed by atoms with Gasteiger partial charge in [-0.2, -0.15) is 13.2 Å². The summed E-state index contributed by atoms with van der Waals surface area (Å²) >= 11 is 5.47. The molecular weight excluding hydrogens is 517 g/mol. The van der Waals surface area contributed by atoms with Gasteiger partial charge in [0.2, 0.25) is 0 Å². The first-order valence-electron chi connectivity index (χ1n) is 11.6. The summed E-state index contributed by atoms with van der Waals surface area (Å²) < 4.78 is 44.1. The van der Waals surface area contributed by atoms with Gasteiger partial charge in [0.25, 0.3) is 5.91 Å². The van der Waals surface area contributed by atoms with E-state index in [0.717, 1.165) is 23.3 Å². The lowest BCUT2D eigenvalue weighted by atomic mass is 9.91. The lowest BCUT2D eigenvalue weighted by Gasteiger charge is -2.49. The van der Waals surface area contributed by atoms with E-state index in [1.54, 1.807) is 30.6 Å². The van der Waals surface area contributed by atoms with Gasteiger partial charge in [-0.05, 0) is 53.7 Å². The van der Waals surface area contributed by atoms with Crippen molar-refractivity contribution in [3.63, 3.8) is 0 Å². The predicted octanol–water partition coefficient (Wildman–Crippen LogP) is 5.28.